The predicted molar refractivity (Wildman–Crippen MR) is 102 cm³/mol. The molecule has 0 saturated carbocycles. The van der Waals surface area contributed by atoms with Crippen molar-refractivity contribution in [3.8, 4) is 11.5 Å². The number of carbonyl (C=O) groups excluding carboxylic acids is 1. The molecule has 3 rings (SSSR count). The highest BCUT2D eigenvalue weighted by Crippen LogP contribution is 2.24. The van der Waals surface area contributed by atoms with E-state index in [4.69, 9.17) is 9.84 Å². The number of fused-ring (bicyclic) bond motifs is 1. The van der Waals surface area contributed by atoms with Crippen LogP contribution in [-0.2, 0) is 4.79 Å². The molecule has 1 amide bonds. The van der Waals surface area contributed by atoms with Crippen LogP contribution in [0.25, 0.3) is 10.8 Å². The summed E-state index contributed by atoms with van der Waals surface area (Å²) < 4.78 is 5.69. The Morgan fingerprint density at radius 1 is 0.963 bits per heavy atom. The number of phenols is 1. The molecule has 0 bridgehead atoms. The molecule has 0 saturated heterocycles. The van der Waals surface area contributed by atoms with Gasteiger partial charge in [0.25, 0.3) is 0 Å². The van der Waals surface area contributed by atoms with Gasteiger partial charge in [-0.15, -0.1) is 0 Å². The van der Waals surface area contributed by atoms with Crippen LogP contribution in [-0.4, -0.2) is 28.7 Å². The van der Waals surface area contributed by atoms with Gasteiger partial charge in [0.1, 0.15) is 11.5 Å². The van der Waals surface area contributed by atoms with Crippen LogP contribution in [0.3, 0.4) is 0 Å². The molecule has 0 atom stereocenters. The first-order chi connectivity index (χ1) is 13.0. The normalized spacial score (nSPS) is 10.5. The summed E-state index contributed by atoms with van der Waals surface area (Å²) in [5, 5.41) is 23.4. The number of ether oxygens (including phenoxy) is 1. The fourth-order valence-electron chi connectivity index (χ4n) is 2.66. The lowest BCUT2D eigenvalue weighted by Crippen LogP contribution is -2.13. The van der Waals surface area contributed by atoms with Crippen LogP contribution in [0.1, 0.15) is 23.2 Å². The van der Waals surface area contributed by atoms with E-state index < -0.39 is 5.97 Å². The number of amides is 1. The molecular formula is C21H19NO5. The third-order valence-corrected chi connectivity index (χ3v) is 4.06. The van der Waals surface area contributed by atoms with Gasteiger partial charge in [-0.2, -0.15) is 0 Å². The molecule has 3 N–H and O–H groups in total. The summed E-state index contributed by atoms with van der Waals surface area (Å²) in [6.45, 7) is 0.385. The zero-order chi connectivity index (χ0) is 19.2. The number of carbonyl (C=O) groups is 2. The van der Waals surface area contributed by atoms with Crippen LogP contribution in [0.2, 0.25) is 0 Å². The van der Waals surface area contributed by atoms with Crippen LogP contribution in [0, 0.1) is 0 Å². The van der Waals surface area contributed by atoms with Crippen molar-refractivity contribution < 1.29 is 24.5 Å². The summed E-state index contributed by atoms with van der Waals surface area (Å²) in [6, 6.07) is 17.6. The van der Waals surface area contributed by atoms with Crippen LogP contribution in [0.15, 0.2) is 60.7 Å². The number of carboxylic acids is 1. The molecule has 0 heterocycles. The molecule has 0 radical (unpaired) electrons. The van der Waals surface area contributed by atoms with Gasteiger partial charge in [0.15, 0.2) is 0 Å². The van der Waals surface area contributed by atoms with E-state index in [9.17, 15) is 14.7 Å². The van der Waals surface area contributed by atoms with Crippen molar-refractivity contribution in [2.24, 2.45) is 0 Å². The molecule has 138 valence electrons. The fourth-order valence-corrected chi connectivity index (χ4v) is 2.66. The second kappa shape index (κ2) is 8.23. The standard InChI is InChI=1S/C21H19NO5/c23-19-13-16(21(25)26)8-10-18(19)22-20(24)6-3-11-27-17-9-7-14-4-1-2-5-15(14)12-17/h1-2,4-5,7-10,12-13,23H,3,6,11H2,(H,22,24)(H,25,26). The lowest BCUT2D eigenvalue weighted by Gasteiger charge is -2.09. The molecule has 6 nitrogen and oxygen atoms in total. The summed E-state index contributed by atoms with van der Waals surface area (Å²) >= 11 is 0. The number of rotatable bonds is 7. The number of benzene rings is 3. The molecule has 0 unspecified atom stereocenters. The van der Waals surface area contributed by atoms with Crippen molar-refractivity contribution >= 4 is 28.3 Å². The van der Waals surface area contributed by atoms with E-state index in [1.165, 1.54) is 12.1 Å². The number of aromatic carboxylic acids is 1. The highest BCUT2D eigenvalue weighted by molar-refractivity contribution is 5.94. The third-order valence-electron chi connectivity index (χ3n) is 4.06. The Morgan fingerprint density at radius 3 is 2.48 bits per heavy atom. The molecule has 6 heteroatoms. The zero-order valence-corrected chi connectivity index (χ0v) is 14.5. The van der Waals surface area contributed by atoms with Gasteiger partial charge in [-0.3, -0.25) is 4.79 Å². The van der Waals surface area contributed by atoms with E-state index in [-0.39, 0.29) is 29.3 Å². The molecule has 0 spiro atoms. The first kappa shape index (κ1) is 18.3. The van der Waals surface area contributed by atoms with Crippen molar-refractivity contribution in [1.82, 2.24) is 0 Å². The van der Waals surface area contributed by atoms with Gasteiger partial charge in [0.2, 0.25) is 5.91 Å². The highest BCUT2D eigenvalue weighted by atomic mass is 16.5. The van der Waals surface area contributed by atoms with Crippen molar-refractivity contribution in [3.63, 3.8) is 0 Å². The molecule has 3 aromatic carbocycles. The summed E-state index contributed by atoms with van der Waals surface area (Å²) in [5.41, 5.74) is 0.134. The van der Waals surface area contributed by atoms with Gasteiger partial charge < -0.3 is 20.3 Å². The van der Waals surface area contributed by atoms with Gasteiger partial charge in [-0.25, -0.2) is 4.79 Å². The van der Waals surface area contributed by atoms with Crippen LogP contribution in [0.4, 0.5) is 5.69 Å². The van der Waals surface area contributed by atoms with E-state index in [1.54, 1.807) is 0 Å². The molecule has 0 aliphatic heterocycles. The average molecular weight is 365 g/mol. The van der Waals surface area contributed by atoms with Crippen LogP contribution < -0.4 is 10.1 Å². The quantitative estimate of drug-likeness (QED) is 0.434. The number of carboxylic acid groups (broad SMARTS) is 1. The maximum absolute atomic E-state index is 12.0. The second-order valence-corrected chi connectivity index (χ2v) is 6.05. The van der Waals surface area contributed by atoms with Gasteiger partial charge in [-0.1, -0.05) is 30.3 Å². The van der Waals surface area contributed by atoms with E-state index in [0.717, 1.165) is 22.6 Å². The number of phenolic OH excluding ortho intramolecular Hbond substituents is 1. The molecule has 0 aliphatic rings. The molecule has 3 aromatic rings. The highest BCUT2D eigenvalue weighted by Gasteiger charge is 2.10. The Balaban J connectivity index is 1.47. The molecule has 0 aromatic heterocycles. The monoisotopic (exact) mass is 365 g/mol. The Hall–Kier alpha value is -3.54. The van der Waals surface area contributed by atoms with Gasteiger partial charge in [-0.05, 0) is 47.5 Å². The molecule has 27 heavy (non-hydrogen) atoms. The van der Waals surface area contributed by atoms with Crippen LogP contribution in [0.5, 0.6) is 11.5 Å². The Bertz CT molecular complexity index is 983. The number of anilines is 1. The SMILES string of the molecule is O=C(CCCOc1ccc2ccccc2c1)Nc1ccc(C(=O)O)cc1O. The zero-order valence-electron chi connectivity index (χ0n) is 14.5. The van der Waals surface area contributed by atoms with Crippen molar-refractivity contribution in [3.05, 3.63) is 66.2 Å². The molecule has 0 aliphatic carbocycles. The Labute approximate surface area is 156 Å². The van der Waals surface area contributed by atoms with E-state index in [1.807, 2.05) is 42.5 Å². The predicted octanol–water partition coefficient (Wildman–Crippen LogP) is 4.04. The number of hydrogen-bond acceptors (Lipinski definition) is 4. The summed E-state index contributed by atoms with van der Waals surface area (Å²) in [5.74, 6) is -0.962. The van der Waals surface area contributed by atoms with E-state index in [0.29, 0.717) is 13.0 Å². The van der Waals surface area contributed by atoms with Crippen molar-refractivity contribution in [2.75, 3.05) is 11.9 Å². The number of aromatic hydroxyl groups is 1. The van der Waals surface area contributed by atoms with Gasteiger partial charge in [0, 0.05) is 6.42 Å². The lowest BCUT2D eigenvalue weighted by atomic mass is 10.1. The van der Waals surface area contributed by atoms with Gasteiger partial charge >= 0.3 is 5.97 Å². The van der Waals surface area contributed by atoms with Crippen LogP contribution >= 0.6 is 0 Å². The third kappa shape index (κ3) is 4.76. The smallest absolute Gasteiger partial charge is 0.335 e. The minimum Gasteiger partial charge on any atom is -0.506 e. The average Bonchev–Trinajstić information content (AvgIpc) is 2.66. The first-order valence-electron chi connectivity index (χ1n) is 8.51. The topological polar surface area (TPSA) is 95.9 Å². The maximum atomic E-state index is 12.0. The molecular weight excluding hydrogens is 346 g/mol. The molecule has 0 fully saturated rings. The van der Waals surface area contributed by atoms with E-state index >= 15 is 0 Å². The largest absolute Gasteiger partial charge is 0.506 e. The first-order valence-corrected chi connectivity index (χ1v) is 8.51. The lowest BCUT2D eigenvalue weighted by molar-refractivity contribution is -0.116. The second-order valence-electron chi connectivity index (χ2n) is 6.05. The minimum absolute atomic E-state index is 0.0470. The minimum atomic E-state index is -1.14. The summed E-state index contributed by atoms with van der Waals surface area (Å²) in [6.07, 6.45) is 0.723. The Morgan fingerprint density at radius 2 is 1.74 bits per heavy atom. The van der Waals surface area contributed by atoms with Crippen molar-refractivity contribution in [1.29, 1.82) is 0 Å². The number of hydrogen-bond donors (Lipinski definition) is 3. The fraction of sp³-hybridized carbons (Fsp3) is 0.143. The van der Waals surface area contributed by atoms with Crippen molar-refractivity contribution in [2.45, 2.75) is 12.8 Å². The summed E-state index contributed by atoms with van der Waals surface area (Å²) in [7, 11) is 0. The van der Waals surface area contributed by atoms with E-state index in [2.05, 4.69) is 5.32 Å². The van der Waals surface area contributed by atoms with Gasteiger partial charge in [0.05, 0.1) is 17.9 Å². The maximum Gasteiger partial charge on any atom is 0.335 e. The Kier molecular flexibility index (Phi) is 5.56. The number of nitrogens with one attached hydrogen (secondary N) is 1. The summed E-state index contributed by atoms with van der Waals surface area (Å²) in [4.78, 5) is 22.8.